The first-order chi connectivity index (χ1) is 13.3. The summed E-state index contributed by atoms with van der Waals surface area (Å²) in [7, 11) is 0. The molecule has 1 aromatic heterocycles. The Bertz CT molecular complexity index is 1010. The third-order valence-electron chi connectivity index (χ3n) is 4.85. The summed E-state index contributed by atoms with van der Waals surface area (Å²) in [5.41, 5.74) is -1.34. The van der Waals surface area contributed by atoms with E-state index in [1.54, 1.807) is 13.8 Å². The number of benzene rings is 1. The van der Waals surface area contributed by atoms with Gasteiger partial charge >= 0.3 is 5.69 Å². The third-order valence-corrected chi connectivity index (χ3v) is 4.85. The van der Waals surface area contributed by atoms with E-state index in [1.165, 1.54) is 29.2 Å². The molecule has 3 rings (SSSR count). The van der Waals surface area contributed by atoms with Crippen LogP contribution < -0.4 is 11.2 Å². The van der Waals surface area contributed by atoms with Crippen LogP contribution in [0.1, 0.15) is 48.4 Å². The van der Waals surface area contributed by atoms with Crippen molar-refractivity contribution in [2.75, 3.05) is 13.2 Å². The molecule has 9 heteroatoms. The van der Waals surface area contributed by atoms with Crippen LogP contribution in [-0.2, 0) is 6.54 Å². The van der Waals surface area contributed by atoms with Crippen LogP contribution in [0.5, 0.6) is 5.75 Å². The van der Waals surface area contributed by atoms with Gasteiger partial charge in [-0.1, -0.05) is 12.1 Å². The van der Waals surface area contributed by atoms with Gasteiger partial charge in [-0.2, -0.15) is 0 Å². The number of hydrogen-bond donors (Lipinski definition) is 2. The van der Waals surface area contributed by atoms with Crippen LogP contribution in [0, 0.1) is 5.82 Å². The number of rotatable bonds is 5. The highest BCUT2D eigenvalue weighted by Crippen LogP contribution is 2.27. The van der Waals surface area contributed by atoms with E-state index in [-0.39, 0.29) is 31.8 Å². The molecular formula is C19H22FN3O5. The Hall–Kier alpha value is -2.94. The molecule has 1 unspecified atom stereocenters. The number of carbonyl (C=O) groups is 1. The fourth-order valence-electron chi connectivity index (χ4n) is 3.51. The lowest BCUT2D eigenvalue weighted by Crippen LogP contribution is -2.52. The van der Waals surface area contributed by atoms with Crippen LogP contribution >= 0.6 is 0 Å². The van der Waals surface area contributed by atoms with Gasteiger partial charge in [0.1, 0.15) is 5.82 Å². The number of nitrogens with zero attached hydrogens (tertiary/aromatic N) is 3. The number of aliphatic hydroxyl groups excluding tert-OH is 1. The molecule has 1 amide bonds. The minimum absolute atomic E-state index is 0.111. The molecule has 2 aromatic rings. The maximum atomic E-state index is 13.1. The summed E-state index contributed by atoms with van der Waals surface area (Å²) < 4.78 is 15.1. The SMILES string of the molecule is CC(C)n1c(=O)c(O)c2n(c1=O)C(CCO)CN(Cc1ccc(F)cc1)C2=O. The zero-order valence-electron chi connectivity index (χ0n) is 15.6. The van der Waals surface area contributed by atoms with E-state index in [2.05, 4.69) is 0 Å². The number of amides is 1. The fraction of sp³-hybridized carbons (Fsp3) is 0.421. The van der Waals surface area contributed by atoms with Gasteiger partial charge in [0.2, 0.25) is 5.75 Å². The Balaban J connectivity index is 2.13. The third kappa shape index (κ3) is 3.33. The average molecular weight is 391 g/mol. The minimum atomic E-state index is -0.925. The molecule has 0 radical (unpaired) electrons. The minimum Gasteiger partial charge on any atom is -0.501 e. The maximum Gasteiger partial charge on any atom is 0.332 e. The number of aromatic hydroxyl groups is 1. The van der Waals surface area contributed by atoms with Gasteiger partial charge in [0.25, 0.3) is 11.5 Å². The largest absolute Gasteiger partial charge is 0.501 e. The smallest absolute Gasteiger partial charge is 0.332 e. The van der Waals surface area contributed by atoms with Gasteiger partial charge in [-0.05, 0) is 38.0 Å². The first kappa shape index (κ1) is 19.8. The molecule has 0 bridgehead atoms. The van der Waals surface area contributed by atoms with E-state index in [0.29, 0.717) is 5.56 Å². The molecule has 2 N–H and O–H groups in total. The molecule has 0 aliphatic carbocycles. The van der Waals surface area contributed by atoms with Crippen LogP contribution in [0.4, 0.5) is 4.39 Å². The van der Waals surface area contributed by atoms with Gasteiger partial charge in [0, 0.05) is 25.7 Å². The summed E-state index contributed by atoms with van der Waals surface area (Å²) in [5.74, 6) is -1.86. The van der Waals surface area contributed by atoms with Crippen molar-refractivity contribution in [3.8, 4) is 5.75 Å². The van der Waals surface area contributed by atoms with Crippen molar-refractivity contribution in [1.82, 2.24) is 14.0 Å². The van der Waals surface area contributed by atoms with E-state index in [4.69, 9.17) is 0 Å². The summed E-state index contributed by atoms with van der Waals surface area (Å²) in [6.45, 7) is 3.24. The first-order valence-corrected chi connectivity index (χ1v) is 9.00. The van der Waals surface area contributed by atoms with Crippen molar-refractivity contribution in [1.29, 1.82) is 0 Å². The number of aromatic nitrogens is 2. The van der Waals surface area contributed by atoms with Gasteiger partial charge in [0.15, 0.2) is 5.69 Å². The molecule has 8 nitrogen and oxygen atoms in total. The van der Waals surface area contributed by atoms with Crippen LogP contribution in [0.2, 0.25) is 0 Å². The molecule has 28 heavy (non-hydrogen) atoms. The van der Waals surface area contributed by atoms with E-state index >= 15 is 0 Å². The second kappa shape index (κ2) is 7.59. The van der Waals surface area contributed by atoms with Gasteiger partial charge in [-0.3, -0.25) is 18.7 Å². The quantitative estimate of drug-likeness (QED) is 0.792. The van der Waals surface area contributed by atoms with Gasteiger partial charge in [-0.25, -0.2) is 9.18 Å². The van der Waals surface area contributed by atoms with E-state index in [1.807, 2.05) is 0 Å². The number of fused-ring (bicyclic) bond motifs is 1. The zero-order valence-corrected chi connectivity index (χ0v) is 15.6. The van der Waals surface area contributed by atoms with Crippen LogP contribution in [0.25, 0.3) is 0 Å². The molecular weight excluding hydrogens is 369 g/mol. The molecule has 2 heterocycles. The fourth-order valence-corrected chi connectivity index (χ4v) is 3.51. The summed E-state index contributed by atoms with van der Waals surface area (Å²) >= 11 is 0. The molecule has 1 aliphatic heterocycles. The van der Waals surface area contributed by atoms with E-state index in [0.717, 1.165) is 9.13 Å². The van der Waals surface area contributed by atoms with Crippen LogP contribution in [0.15, 0.2) is 33.9 Å². The second-order valence-electron chi connectivity index (χ2n) is 7.10. The standard InChI is InChI=1S/C19H22FN3O5/c1-11(2)22-18(27)16(25)15-17(26)21(9-12-3-5-13(20)6-4-12)10-14(7-8-24)23(15)19(22)28/h3-6,11,14,24-25H,7-10H2,1-2H3. The Kier molecular flexibility index (Phi) is 5.37. The number of carbonyl (C=O) groups excluding carboxylic acids is 1. The molecule has 1 aromatic carbocycles. The summed E-state index contributed by atoms with van der Waals surface area (Å²) in [4.78, 5) is 39.7. The first-order valence-electron chi connectivity index (χ1n) is 9.00. The highest BCUT2D eigenvalue weighted by Gasteiger charge is 2.37. The second-order valence-corrected chi connectivity index (χ2v) is 7.10. The molecule has 1 aliphatic rings. The topological polar surface area (TPSA) is 105 Å². The van der Waals surface area contributed by atoms with Crippen molar-refractivity contribution < 1.29 is 19.4 Å². The van der Waals surface area contributed by atoms with E-state index < -0.39 is 40.8 Å². The van der Waals surface area contributed by atoms with Gasteiger partial charge < -0.3 is 15.1 Å². The van der Waals surface area contributed by atoms with E-state index in [9.17, 15) is 29.0 Å². The van der Waals surface area contributed by atoms with Crippen LogP contribution in [0.3, 0.4) is 0 Å². The van der Waals surface area contributed by atoms with Gasteiger partial charge in [0.05, 0.1) is 6.04 Å². The number of hydrogen-bond acceptors (Lipinski definition) is 5. The molecule has 0 saturated carbocycles. The predicted molar refractivity (Wildman–Crippen MR) is 98.9 cm³/mol. The van der Waals surface area contributed by atoms with Crippen molar-refractivity contribution >= 4 is 5.91 Å². The highest BCUT2D eigenvalue weighted by atomic mass is 19.1. The van der Waals surface area contributed by atoms with Gasteiger partial charge in [-0.15, -0.1) is 0 Å². The Morgan fingerprint density at radius 3 is 2.39 bits per heavy atom. The Labute approximate surface area is 160 Å². The molecule has 1 atom stereocenters. The monoisotopic (exact) mass is 391 g/mol. The van der Waals surface area contributed by atoms with Crippen molar-refractivity contribution in [3.05, 3.63) is 62.2 Å². The predicted octanol–water partition coefficient (Wildman–Crippen LogP) is 1.02. The Morgan fingerprint density at radius 1 is 1.18 bits per heavy atom. The molecule has 0 spiro atoms. The summed E-state index contributed by atoms with van der Waals surface area (Å²) in [6.07, 6.45) is 0.163. The lowest BCUT2D eigenvalue weighted by molar-refractivity contribution is 0.0616. The van der Waals surface area contributed by atoms with Crippen molar-refractivity contribution in [3.63, 3.8) is 0 Å². The normalized spacial score (nSPS) is 16.5. The lowest BCUT2D eigenvalue weighted by Gasteiger charge is -2.36. The number of aliphatic hydroxyl groups is 1. The van der Waals surface area contributed by atoms with Crippen molar-refractivity contribution in [2.45, 2.75) is 38.9 Å². The molecule has 150 valence electrons. The highest BCUT2D eigenvalue weighted by molar-refractivity contribution is 5.95. The molecule has 0 saturated heterocycles. The average Bonchev–Trinajstić information content (AvgIpc) is 2.64. The summed E-state index contributed by atoms with van der Waals surface area (Å²) in [5, 5.41) is 19.8. The van der Waals surface area contributed by atoms with Crippen LogP contribution in [-0.4, -0.2) is 43.3 Å². The zero-order chi connectivity index (χ0) is 20.6. The summed E-state index contributed by atoms with van der Waals surface area (Å²) in [6, 6.07) is 4.48. The molecule has 0 fully saturated rings. The van der Waals surface area contributed by atoms with Crippen molar-refractivity contribution in [2.24, 2.45) is 0 Å². The lowest BCUT2D eigenvalue weighted by atomic mass is 10.1. The number of halogens is 1. The maximum absolute atomic E-state index is 13.1. The Morgan fingerprint density at radius 2 is 1.82 bits per heavy atom.